The Balaban J connectivity index is 2.61. The van der Waals surface area contributed by atoms with E-state index < -0.39 is 0 Å². The van der Waals surface area contributed by atoms with Crippen LogP contribution in [0.2, 0.25) is 5.02 Å². The molecule has 0 N–H and O–H groups in total. The number of anilines is 1. The summed E-state index contributed by atoms with van der Waals surface area (Å²) in [5, 5.41) is 0.800. The maximum Gasteiger partial charge on any atom is 0.0797 e. The maximum absolute atomic E-state index is 6.01. The van der Waals surface area contributed by atoms with Crippen molar-refractivity contribution in [2.45, 2.75) is 0 Å². The number of hydrogen-bond donors (Lipinski definition) is 0. The molecule has 0 amide bonds. The molecule has 1 aromatic carbocycles. The van der Waals surface area contributed by atoms with Crippen LogP contribution in [-0.2, 0) is 0 Å². The van der Waals surface area contributed by atoms with E-state index in [1.807, 2.05) is 12.1 Å². The monoisotopic (exact) mass is 354 g/mol. The Morgan fingerprint density at radius 2 is 2.07 bits per heavy atom. The molecule has 5 heteroatoms. The summed E-state index contributed by atoms with van der Waals surface area (Å²) in [7, 11) is 6.39. The summed E-state index contributed by atoms with van der Waals surface area (Å²) in [5.41, 5.74) is 2.52. The molecule has 1 unspecified atom stereocenters. The summed E-state index contributed by atoms with van der Waals surface area (Å²) < 4.78 is 2.27. The summed E-state index contributed by atoms with van der Waals surface area (Å²) >= 11 is 8.49. The first-order chi connectivity index (χ1) is 7.02. The Hall–Kier alpha value is 0.220. The maximum atomic E-state index is 6.01. The van der Waals surface area contributed by atoms with Gasteiger partial charge >= 0.3 is 0 Å². The highest BCUT2D eigenvalue weighted by molar-refractivity contribution is 14.2. The summed E-state index contributed by atoms with van der Waals surface area (Å²) in [4.78, 5) is 3.55. The highest BCUT2D eigenvalue weighted by Crippen LogP contribution is 2.45. The minimum Gasteiger partial charge on any atom is -0.315 e. The predicted molar refractivity (Wildman–Crippen MR) is 79.3 cm³/mol. The van der Waals surface area contributed by atoms with Crippen LogP contribution in [0.4, 0.5) is 5.69 Å². The fraction of sp³-hybridized carbons (Fsp3) is 0.300. The van der Waals surface area contributed by atoms with Crippen molar-refractivity contribution in [1.82, 2.24) is 4.90 Å². The van der Waals surface area contributed by atoms with E-state index in [9.17, 15) is 0 Å². The highest BCUT2D eigenvalue weighted by atomic mass is 127. The van der Waals surface area contributed by atoms with Crippen LogP contribution in [0.1, 0.15) is 5.56 Å². The van der Waals surface area contributed by atoms with Gasteiger partial charge < -0.3 is 4.31 Å². The number of fused-ring (bicyclic) bond motifs is 1. The van der Waals surface area contributed by atoms with Gasteiger partial charge in [0.05, 0.1) is 10.7 Å². The van der Waals surface area contributed by atoms with E-state index in [2.05, 4.69) is 57.6 Å². The van der Waals surface area contributed by atoms with Crippen molar-refractivity contribution < 1.29 is 0 Å². The number of halogens is 2. The van der Waals surface area contributed by atoms with Gasteiger partial charge in [0, 0.05) is 38.8 Å². The van der Waals surface area contributed by atoms with Crippen LogP contribution in [0, 0.1) is 0 Å². The first-order valence-electron chi connectivity index (χ1n) is 4.51. The molecule has 0 saturated carbocycles. The van der Waals surface area contributed by atoms with Gasteiger partial charge in [-0.25, -0.2) is 0 Å². The lowest BCUT2D eigenvalue weighted by atomic mass is 10.1. The third kappa shape index (κ3) is 1.92. The van der Waals surface area contributed by atoms with Crippen molar-refractivity contribution >= 4 is 51.3 Å². The minimum atomic E-state index is 0.0970. The van der Waals surface area contributed by atoms with Crippen LogP contribution in [0.5, 0.6) is 0 Å². The van der Waals surface area contributed by atoms with Crippen molar-refractivity contribution in [2.24, 2.45) is 0 Å². The Kier molecular flexibility index (Phi) is 3.30. The van der Waals surface area contributed by atoms with Crippen LogP contribution in [0.25, 0.3) is 0 Å². The summed E-state index contributed by atoms with van der Waals surface area (Å²) in [6.45, 7) is 0. The lowest BCUT2D eigenvalue weighted by molar-refractivity contribution is 0.637. The van der Waals surface area contributed by atoms with E-state index in [-0.39, 0.29) is 7.84 Å². The molecular formula is C10H12ClIN2S. The largest absolute Gasteiger partial charge is 0.315 e. The standard InChI is InChI=1S/C10H12ClIN2S/c1-13(2)10-8-5-4-7(11)6-9(8)14(3)15(10)12/h4-6H,1-3H3. The van der Waals surface area contributed by atoms with Crippen LogP contribution >= 0.6 is 40.6 Å². The molecule has 1 aromatic rings. The van der Waals surface area contributed by atoms with Gasteiger partial charge in [-0.3, -0.25) is 4.90 Å². The summed E-state index contributed by atoms with van der Waals surface area (Å²) in [6, 6.07) is 6.10. The third-order valence-electron chi connectivity index (χ3n) is 2.34. The first-order valence-corrected chi connectivity index (χ1v) is 8.61. The molecule has 1 aliphatic rings. The molecule has 1 aliphatic heterocycles. The van der Waals surface area contributed by atoms with E-state index in [4.69, 9.17) is 11.6 Å². The van der Waals surface area contributed by atoms with E-state index in [0.29, 0.717) is 0 Å². The molecular weight excluding hydrogens is 343 g/mol. The Bertz CT molecular complexity index is 445. The van der Waals surface area contributed by atoms with Crippen molar-refractivity contribution in [3.8, 4) is 0 Å². The molecule has 0 bridgehead atoms. The second kappa shape index (κ2) is 4.24. The zero-order valence-corrected chi connectivity index (χ0v) is 12.5. The van der Waals surface area contributed by atoms with Crippen molar-refractivity contribution in [3.05, 3.63) is 28.8 Å². The Morgan fingerprint density at radius 1 is 1.40 bits per heavy atom. The SMILES string of the molecule is CN(C)C1=S(I)N(C)c2cc(Cl)ccc21. The number of benzene rings is 1. The number of rotatable bonds is 0. The van der Waals surface area contributed by atoms with E-state index >= 15 is 0 Å². The molecule has 0 saturated heterocycles. The fourth-order valence-corrected chi connectivity index (χ4v) is 5.58. The third-order valence-corrected chi connectivity index (χ3v) is 7.18. The van der Waals surface area contributed by atoms with Crippen molar-refractivity contribution in [3.63, 3.8) is 0 Å². The molecule has 0 aliphatic carbocycles. The van der Waals surface area contributed by atoms with Gasteiger partial charge in [-0.2, -0.15) is 0 Å². The van der Waals surface area contributed by atoms with Crippen molar-refractivity contribution in [2.75, 3.05) is 25.4 Å². The lowest BCUT2D eigenvalue weighted by Gasteiger charge is -2.14. The quantitative estimate of drug-likeness (QED) is 0.521. The minimum absolute atomic E-state index is 0.0970. The highest BCUT2D eigenvalue weighted by Gasteiger charge is 2.25. The molecule has 2 rings (SSSR count). The van der Waals surface area contributed by atoms with Gasteiger partial charge in [0.15, 0.2) is 0 Å². The topological polar surface area (TPSA) is 6.48 Å². The number of hydrogen-bond acceptors (Lipinski definition) is 2. The molecule has 1 atom stereocenters. The smallest absolute Gasteiger partial charge is 0.0797 e. The van der Waals surface area contributed by atoms with E-state index in [1.165, 1.54) is 16.2 Å². The van der Waals surface area contributed by atoms with Crippen LogP contribution in [0.15, 0.2) is 18.2 Å². The van der Waals surface area contributed by atoms with Gasteiger partial charge in [-0.15, -0.1) is 0 Å². The van der Waals surface area contributed by atoms with Crippen LogP contribution in [0.3, 0.4) is 0 Å². The van der Waals surface area contributed by atoms with Gasteiger partial charge in [0.25, 0.3) is 0 Å². The molecule has 0 aromatic heterocycles. The molecule has 1 heterocycles. The normalized spacial score (nSPS) is 20.0. The lowest BCUT2D eigenvalue weighted by Crippen LogP contribution is -2.20. The molecule has 0 radical (unpaired) electrons. The second-order valence-corrected chi connectivity index (χ2v) is 7.94. The van der Waals surface area contributed by atoms with Crippen LogP contribution < -0.4 is 4.31 Å². The molecule has 15 heavy (non-hydrogen) atoms. The van der Waals surface area contributed by atoms with Crippen LogP contribution in [-0.4, -0.2) is 31.0 Å². The fourth-order valence-electron chi connectivity index (χ4n) is 1.64. The van der Waals surface area contributed by atoms with E-state index in [1.54, 1.807) is 0 Å². The van der Waals surface area contributed by atoms with Gasteiger partial charge in [-0.1, -0.05) is 11.6 Å². The Morgan fingerprint density at radius 3 is 2.67 bits per heavy atom. The molecule has 2 nitrogen and oxygen atoms in total. The molecule has 0 spiro atoms. The van der Waals surface area contributed by atoms with Gasteiger partial charge in [0.1, 0.15) is 0 Å². The second-order valence-electron chi connectivity index (χ2n) is 3.60. The average Bonchev–Trinajstić information content (AvgIpc) is 2.41. The molecule has 0 fully saturated rings. The van der Waals surface area contributed by atoms with E-state index in [0.717, 1.165) is 5.02 Å². The zero-order valence-electron chi connectivity index (χ0n) is 8.79. The molecule has 82 valence electrons. The van der Waals surface area contributed by atoms with Gasteiger partial charge in [0.2, 0.25) is 0 Å². The number of nitrogens with zero attached hydrogens (tertiary/aromatic N) is 2. The summed E-state index contributed by atoms with van der Waals surface area (Å²) in [5.74, 6) is 0. The summed E-state index contributed by atoms with van der Waals surface area (Å²) in [6.07, 6.45) is 0. The zero-order chi connectivity index (χ0) is 11.2. The Labute approximate surface area is 110 Å². The first kappa shape index (κ1) is 11.7. The van der Waals surface area contributed by atoms with Gasteiger partial charge in [-0.05, 0) is 40.1 Å². The predicted octanol–water partition coefficient (Wildman–Crippen LogP) is 3.36. The van der Waals surface area contributed by atoms with Crippen molar-refractivity contribution in [1.29, 1.82) is 0 Å². The average molecular weight is 355 g/mol.